The third-order valence-electron chi connectivity index (χ3n) is 9.13. The molecule has 0 saturated carbocycles. The first kappa shape index (κ1) is 36.0. The summed E-state index contributed by atoms with van der Waals surface area (Å²) in [5, 5.41) is 18.6. The number of alkyl carbamates (subject to hydrolysis) is 1. The number of nitrogens with one attached hydrogen (secondary N) is 2. The Balaban J connectivity index is 1.17. The van der Waals surface area contributed by atoms with E-state index in [9.17, 15) is 18.3 Å². The lowest BCUT2D eigenvalue weighted by Gasteiger charge is -2.31. The van der Waals surface area contributed by atoms with Crippen molar-refractivity contribution in [1.82, 2.24) is 19.9 Å². The van der Waals surface area contributed by atoms with Crippen LogP contribution in [-0.4, -0.2) is 86.3 Å². The Morgan fingerprint density at radius 2 is 1.90 bits per heavy atom. The molecule has 2 fully saturated rings. The van der Waals surface area contributed by atoms with Crippen molar-refractivity contribution in [2.45, 2.75) is 69.1 Å². The molecule has 12 nitrogen and oxygen atoms in total. The van der Waals surface area contributed by atoms with Crippen molar-refractivity contribution in [2.24, 2.45) is 11.8 Å². The Hall–Kier alpha value is -3.85. The molecule has 4 aromatic rings. The van der Waals surface area contributed by atoms with Crippen LogP contribution in [0.15, 0.2) is 88.5 Å². The number of benzene rings is 2. The van der Waals surface area contributed by atoms with E-state index < -0.39 is 34.4 Å². The number of hydrogen-bond donors (Lipinski definition) is 3. The summed E-state index contributed by atoms with van der Waals surface area (Å²) in [4.78, 5) is 17.6. The topological polar surface area (TPSA) is 152 Å². The van der Waals surface area contributed by atoms with Gasteiger partial charge in [0.2, 0.25) is 10.0 Å². The monoisotopic (exact) mass is 706 g/mol. The van der Waals surface area contributed by atoms with Gasteiger partial charge in [0.05, 0.1) is 42.4 Å². The average Bonchev–Trinajstić information content (AvgIpc) is 3.84. The minimum Gasteiger partial charge on any atom is -0.464 e. The van der Waals surface area contributed by atoms with Gasteiger partial charge < -0.3 is 34.4 Å². The van der Waals surface area contributed by atoms with Crippen LogP contribution in [0.3, 0.4) is 0 Å². The van der Waals surface area contributed by atoms with E-state index in [1.807, 2.05) is 62.4 Å². The minimum atomic E-state index is -4.07. The summed E-state index contributed by atoms with van der Waals surface area (Å²) in [6.07, 6.45) is 2.37. The molecule has 0 spiro atoms. The maximum Gasteiger partial charge on any atom is 0.407 e. The molecule has 2 saturated heterocycles. The van der Waals surface area contributed by atoms with E-state index in [1.165, 1.54) is 10.4 Å². The average molecular weight is 707 g/mol. The summed E-state index contributed by atoms with van der Waals surface area (Å²) in [6, 6.07) is 19.2. The number of nitrogens with zero attached hydrogens (tertiary/aromatic N) is 2. The quantitative estimate of drug-likeness (QED) is 0.144. The number of fused-ring (bicyclic) bond motifs is 2. The molecular formula is C37H46N4O8S. The molecule has 50 heavy (non-hydrogen) atoms. The highest BCUT2D eigenvalue weighted by Crippen LogP contribution is 2.33. The number of pyridine rings is 1. The predicted molar refractivity (Wildman–Crippen MR) is 187 cm³/mol. The first-order chi connectivity index (χ1) is 24.2. The number of sulfonamides is 1. The number of rotatable bonds is 16. The van der Waals surface area contributed by atoms with E-state index in [-0.39, 0.29) is 49.1 Å². The number of ether oxygens (including phenoxy) is 3. The normalized spacial score (nSPS) is 20.3. The molecule has 2 aliphatic rings. The number of amides is 1. The summed E-state index contributed by atoms with van der Waals surface area (Å²) < 4.78 is 52.5. The summed E-state index contributed by atoms with van der Waals surface area (Å²) in [6.45, 7) is 5.72. The van der Waals surface area contributed by atoms with Crippen molar-refractivity contribution in [3.05, 3.63) is 96.0 Å². The Bertz CT molecular complexity index is 1800. The third kappa shape index (κ3) is 8.89. The SMILES string of the molecule is CC(C)CN(C[C@@H](O)[C@H](Cc1ccccc1)NC(=O)O[C@H]1CO[C@H]2OCC[C@H]21)S(=O)(=O)c1ccc2occ(CNCCc3ccccn3)c2c1. The van der Waals surface area contributed by atoms with E-state index in [0.29, 0.717) is 30.7 Å². The zero-order valence-corrected chi connectivity index (χ0v) is 29.3. The van der Waals surface area contributed by atoms with Gasteiger partial charge in [0.15, 0.2) is 6.29 Å². The van der Waals surface area contributed by atoms with Crippen molar-refractivity contribution in [1.29, 1.82) is 0 Å². The molecule has 6 rings (SSSR count). The van der Waals surface area contributed by atoms with E-state index in [4.69, 9.17) is 18.6 Å². The number of aromatic nitrogens is 1. The Morgan fingerprint density at radius 3 is 2.68 bits per heavy atom. The smallest absolute Gasteiger partial charge is 0.407 e. The Morgan fingerprint density at radius 1 is 1.08 bits per heavy atom. The lowest BCUT2D eigenvalue weighted by Crippen LogP contribution is -2.51. The second-order valence-electron chi connectivity index (χ2n) is 13.4. The zero-order chi connectivity index (χ0) is 35.1. The largest absolute Gasteiger partial charge is 0.464 e. The highest BCUT2D eigenvalue weighted by molar-refractivity contribution is 7.89. The van der Waals surface area contributed by atoms with Crippen molar-refractivity contribution >= 4 is 27.1 Å². The zero-order valence-electron chi connectivity index (χ0n) is 28.4. The molecule has 2 aromatic heterocycles. The predicted octanol–water partition coefficient (Wildman–Crippen LogP) is 4.27. The maximum atomic E-state index is 14.3. The molecule has 3 N–H and O–H groups in total. The van der Waals surface area contributed by atoms with Crippen LogP contribution >= 0.6 is 0 Å². The van der Waals surface area contributed by atoms with Crippen LogP contribution in [0.25, 0.3) is 11.0 Å². The van der Waals surface area contributed by atoms with Crippen LogP contribution in [-0.2, 0) is 43.6 Å². The van der Waals surface area contributed by atoms with Gasteiger partial charge in [0.1, 0.15) is 11.7 Å². The van der Waals surface area contributed by atoms with Crippen LogP contribution < -0.4 is 10.6 Å². The van der Waals surface area contributed by atoms with Gasteiger partial charge in [-0.05, 0) is 54.7 Å². The van der Waals surface area contributed by atoms with E-state index >= 15 is 0 Å². The van der Waals surface area contributed by atoms with Gasteiger partial charge in [-0.2, -0.15) is 4.31 Å². The van der Waals surface area contributed by atoms with Gasteiger partial charge in [-0.25, -0.2) is 13.2 Å². The van der Waals surface area contributed by atoms with Gasteiger partial charge in [0.25, 0.3) is 0 Å². The van der Waals surface area contributed by atoms with Gasteiger partial charge in [-0.15, -0.1) is 0 Å². The summed E-state index contributed by atoms with van der Waals surface area (Å²) in [7, 11) is -4.07. The van der Waals surface area contributed by atoms with Crippen LogP contribution in [0.5, 0.6) is 0 Å². The summed E-state index contributed by atoms with van der Waals surface area (Å²) in [5.74, 6) is -0.0803. The maximum absolute atomic E-state index is 14.3. The molecule has 0 aliphatic carbocycles. The number of carbonyl (C=O) groups is 1. The number of aliphatic hydroxyl groups is 1. The number of hydrogen-bond acceptors (Lipinski definition) is 10. The van der Waals surface area contributed by atoms with E-state index in [0.717, 1.165) is 29.7 Å². The fraction of sp³-hybridized carbons (Fsp3) is 0.459. The molecule has 5 atom stereocenters. The molecule has 268 valence electrons. The highest BCUT2D eigenvalue weighted by atomic mass is 32.2. The van der Waals surface area contributed by atoms with Crippen LogP contribution in [0.4, 0.5) is 4.79 Å². The number of furan rings is 1. The molecule has 2 aliphatic heterocycles. The highest BCUT2D eigenvalue weighted by Gasteiger charge is 2.44. The van der Waals surface area contributed by atoms with Gasteiger partial charge in [0, 0.05) is 55.4 Å². The summed E-state index contributed by atoms with van der Waals surface area (Å²) >= 11 is 0. The molecule has 4 heterocycles. The molecular weight excluding hydrogens is 660 g/mol. The summed E-state index contributed by atoms with van der Waals surface area (Å²) in [5.41, 5.74) is 3.27. The lowest BCUT2D eigenvalue weighted by atomic mass is 10.0. The second-order valence-corrected chi connectivity index (χ2v) is 15.3. The first-order valence-corrected chi connectivity index (χ1v) is 18.6. The van der Waals surface area contributed by atoms with Crippen LogP contribution in [0, 0.1) is 11.8 Å². The van der Waals surface area contributed by atoms with Gasteiger partial charge in [-0.3, -0.25) is 4.98 Å². The van der Waals surface area contributed by atoms with Crippen molar-refractivity contribution < 1.29 is 36.9 Å². The van der Waals surface area contributed by atoms with E-state index in [2.05, 4.69) is 15.6 Å². The number of aliphatic hydroxyl groups excluding tert-OH is 1. The second kappa shape index (κ2) is 16.4. The molecule has 0 radical (unpaired) electrons. The minimum absolute atomic E-state index is 0.0389. The molecule has 13 heteroatoms. The third-order valence-corrected chi connectivity index (χ3v) is 11.0. The van der Waals surface area contributed by atoms with Crippen molar-refractivity contribution in [3.63, 3.8) is 0 Å². The van der Waals surface area contributed by atoms with Crippen LogP contribution in [0.2, 0.25) is 0 Å². The first-order valence-electron chi connectivity index (χ1n) is 17.2. The Labute approximate surface area is 293 Å². The van der Waals surface area contributed by atoms with E-state index in [1.54, 1.807) is 24.6 Å². The standard InChI is InChI=1S/C37H46N4O8S/c1-25(2)21-41(50(44,45)29-11-12-34-31(19-29)27(23-47-34)20-38-16-13-28-10-6-7-15-39-28)22-33(42)32(18-26-8-4-3-5-9-26)40-37(43)49-35-24-48-36-30(35)14-17-46-36/h3-12,15,19,23,25,30,32-33,35-36,38,42H,13-14,16-18,20-22,24H2,1-2H3,(H,40,43)/t30-,32-,33+,35-,36+/m0/s1. The lowest BCUT2D eigenvalue weighted by molar-refractivity contribution is -0.0907. The molecule has 1 amide bonds. The molecule has 0 bridgehead atoms. The van der Waals surface area contributed by atoms with Crippen molar-refractivity contribution in [3.8, 4) is 0 Å². The Kier molecular flexibility index (Phi) is 11.8. The fourth-order valence-corrected chi connectivity index (χ4v) is 8.18. The van der Waals surface area contributed by atoms with Gasteiger partial charge >= 0.3 is 6.09 Å². The fourth-order valence-electron chi connectivity index (χ4n) is 6.53. The molecule has 2 aromatic carbocycles. The van der Waals surface area contributed by atoms with Gasteiger partial charge in [-0.1, -0.05) is 50.2 Å². The molecule has 0 unspecified atom stereocenters. The van der Waals surface area contributed by atoms with Crippen molar-refractivity contribution in [2.75, 3.05) is 32.8 Å². The van der Waals surface area contributed by atoms with Crippen LogP contribution in [0.1, 0.15) is 37.1 Å². The number of carbonyl (C=O) groups excluding carboxylic acids is 1.